The molecular weight excluding hydrogens is 293 g/mol. The van der Waals surface area contributed by atoms with Crippen LogP contribution >= 0.6 is 11.8 Å². The Morgan fingerprint density at radius 3 is 2.75 bits per heavy atom. The van der Waals surface area contributed by atoms with E-state index in [1.54, 1.807) is 0 Å². The van der Waals surface area contributed by atoms with Crippen LogP contribution in [0.15, 0.2) is 33.2 Å². The first-order chi connectivity index (χ1) is 9.49. The van der Waals surface area contributed by atoms with Crippen molar-refractivity contribution < 1.29 is 17.6 Å². The molecule has 2 aromatic rings. The quantitative estimate of drug-likeness (QED) is 0.854. The number of nitrogens with one attached hydrogen (secondary N) is 1. The normalized spacial score (nSPS) is 11.6. The van der Waals surface area contributed by atoms with Crippen LogP contribution in [-0.4, -0.2) is 21.5 Å². The summed E-state index contributed by atoms with van der Waals surface area (Å²) in [6.45, 7) is 2.38. The topological polar surface area (TPSA) is 63.8 Å². The lowest BCUT2D eigenvalue weighted by atomic mass is 10.4. The van der Waals surface area contributed by atoms with E-state index >= 15 is 0 Å². The van der Waals surface area contributed by atoms with Gasteiger partial charge in [0.15, 0.2) is 5.69 Å². The second kappa shape index (κ2) is 6.12. The van der Waals surface area contributed by atoms with E-state index in [2.05, 4.69) is 20.3 Å². The predicted molar refractivity (Wildman–Crippen MR) is 66.4 cm³/mol. The Hall–Kier alpha value is -1.77. The first-order valence-electron chi connectivity index (χ1n) is 5.76. The Morgan fingerprint density at radius 1 is 1.35 bits per heavy atom. The highest BCUT2D eigenvalue weighted by Crippen LogP contribution is 2.32. The summed E-state index contributed by atoms with van der Waals surface area (Å²) in [6.07, 6.45) is -1.03. The van der Waals surface area contributed by atoms with E-state index in [0.29, 0.717) is 6.54 Å². The van der Waals surface area contributed by atoms with Gasteiger partial charge in [-0.15, -0.1) is 0 Å². The van der Waals surface area contributed by atoms with Crippen LogP contribution in [0.25, 0.3) is 0 Å². The van der Waals surface area contributed by atoms with E-state index in [1.807, 2.05) is 6.92 Å². The number of rotatable bonds is 5. The van der Waals surface area contributed by atoms with E-state index in [1.165, 1.54) is 12.5 Å². The average Bonchev–Trinajstić information content (AvgIpc) is 2.88. The van der Waals surface area contributed by atoms with Gasteiger partial charge in [0.05, 0.1) is 6.20 Å². The molecule has 0 saturated heterocycles. The second-order valence-electron chi connectivity index (χ2n) is 3.74. The number of hydrogen-bond acceptors (Lipinski definition) is 6. The summed E-state index contributed by atoms with van der Waals surface area (Å²) in [5.41, 5.74) is -1.000. The molecule has 0 aromatic carbocycles. The van der Waals surface area contributed by atoms with Gasteiger partial charge in [0.25, 0.3) is 5.22 Å². The second-order valence-corrected chi connectivity index (χ2v) is 4.71. The number of nitrogens with zero attached hydrogens (tertiary/aromatic N) is 3. The van der Waals surface area contributed by atoms with E-state index in [4.69, 9.17) is 4.42 Å². The maximum absolute atomic E-state index is 12.8. The zero-order valence-electron chi connectivity index (χ0n) is 10.4. The van der Waals surface area contributed by atoms with Crippen LogP contribution in [-0.2, 0) is 6.18 Å². The minimum atomic E-state index is -4.53. The van der Waals surface area contributed by atoms with Crippen molar-refractivity contribution in [2.45, 2.75) is 29.8 Å². The lowest BCUT2D eigenvalue weighted by Gasteiger charge is -2.10. The molecule has 2 aromatic heterocycles. The lowest BCUT2D eigenvalue weighted by Crippen LogP contribution is -2.13. The molecule has 0 atom stereocenters. The van der Waals surface area contributed by atoms with Crippen LogP contribution in [0.2, 0.25) is 0 Å². The average molecular weight is 304 g/mol. The molecule has 9 heteroatoms. The van der Waals surface area contributed by atoms with Gasteiger partial charge < -0.3 is 9.73 Å². The van der Waals surface area contributed by atoms with Crippen molar-refractivity contribution in [2.24, 2.45) is 0 Å². The zero-order chi connectivity index (χ0) is 14.6. The number of halogens is 3. The van der Waals surface area contributed by atoms with E-state index in [-0.39, 0.29) is 16.2 Å². The number of oxazole rings is 1. The highest BCUT2D eigenvalue weighted by atomic mass is 32.2. The summed E-state index contributed by atoms with van der Waals surface area (Å²) in [5, 5.41) is 3.08. The third-order valence-corrected chi connectivity index (χ3v) is 2.92. The summed E-state index contributed by atoms with van der Waals surface area (Å²) in [6, 6.07) is 0.867. The van der Waals surface area contributed by atoms with Crippen LogP contribution in [0.5, 0.6) is 0 Å². The van der Waals surface area contributed by atoms with Crippen LogP contribution in [0, 0.1) is 0 Å². The predicted octanol–water partition coefficient (Wildman–Crippen LogP) is 3.46. The van der Waals surface area contributed by atoms with E-state index in [9.17, 15) is 13.2 Å². The van der Waals surface area contributed by atoms with Gasteiger partial charge in [0.1, 0.15) is 11.3 Å². The van der Waals surface area contributed by atoms with Gasteiger partial charge in [0, 0.05) is 12.6 Å². The first kappa shape index (κ1) is 14.6. The molecule has 5 nitrogen and oxygen atoms in total. The molecular formula is C11H11F3N4OS. The molecule has 0 aliphatic rings. The van der Waals surface area contributed by atoms with Crippen LogP contribution in [0.3, 0.4) is 0 Å². The molecule has 0 saturated carbocycles. The largest absolute Gasteiger partial charge is 0.440 e. The number of alkyl halides is 3. The maximum atomic E-state index is 12.8. The van der Waals surface area contributed by atoms with E-state index in [0.717, 1.165) is 24.2 Å². The van der Waals surface area contributed by atoms with Gasteiger partial charge >= 0.3 is 6.18 Å². The molecule has 1 N–H and O–H groups in total. The molecule has 0 bridgehead atoms. The van der Waals surface area contributed by atoms with Crippen molar-refractivity contribution in [1.29, 1.82) is 0 Å². The summed E-state index contributed by atoms with van der Waals surface area (Å²) >= 11 is 0.903. The van der Waals surface area contributed by atoms with Gasteiger partial charge in [-0.25, -0.2) is 15.0 Å². The summed E-state index contributed by atoms with van der Waals surface area (Å²) in [7, 11) is 0. The highest BCUT2D eigenvalue weighted by Gasteiger charge is 2.34. The Kier molecular flexibility index (Phi) is 4.48. The summed E-state index contributed by atoms with van der Waals surface area (Å²) in [4.78, 5) is 11.3. The molecule has 2 rings (SSSR count). The molecule has 0 aliphatic heterocycles. The van der Waals surface area contributed by atoms with E-state index < -0.39 is 11.9 Å². The van der Waals surface area contributed by atoms with Gasteiger partial charge in [-0.1, -0.05) is 6.92 Å². The Labute approximate surface area is 117 Å². The maximum Gasteiger partial charge on any atom is 0.433 e. The van der Waals surface area contributed by atoms with Crippen molar-refractivity contribution in [1.82, 2.24) is 15.0 Å². The number of anilines is 1. The van der Waals surface area contributed by atoms with Crippen LogP contribution in [0.4, 0.5) is 19.1 Å². The van der Waals surface area contributed by atoms with Gasteiger partial charge in [-0.2, -0.15) is 13.2 Å². The smallest absolute Gasteiger partial charge is 0.433 e. The van der Waals surface area contributed by atoms with Crippen LogP contribution < -0.4 is 5.32 Å². The molecule has 0 unspecified atom stereocenters. The van der Waals surface area contributed by atoms with Gasteiger partial charge in [0.2, 0.25) is 5.95 Å². The highest BCUT2D eigenvalue weighted by molar-refractivity contribution is 7.99. The minimum absolute atomic E-state index is 0.0595. The molecule has 0 spiro atoms. The first-order valence-corrected chi connectivity index (χ1v) is 6.58. The Morgan fingerprint density at radius 2 is 2.15 bits per heavy atom. The molecule has 108 valence electrons. The monoisotopic (exact) mass is 304 g/mol. The Bertz CT molecular complexity index is 559. The fourth-order valence-electron chi connectivity index (χ4n) is 1.29. The fraction of sp³-hybridized carbons (Fsp3) is 0.364. The van der Waals surface area contributed by atoms with Crippen molar-refractivity contribution in [3.63, 3.8) is 0 Å². The SMILES string of the molecule is CCCNc1nc(Sc2ncco2)cc(C(F)(F)F)n1. The van der Waals surface area contributed by atoms with Crippen molar-refractivity contribution in [2.75, 3.05) is 11.9 Å². The third-order valence-electron chi connectivity index (χ3n) is 2.13. The van der Waals surface area contributed by atoms with Crippen molar-refractivity contribution >= 4 is 17.7 Å². The molecule has 0 fully saturated rings. The minimum Gasteiger partial charge on any atom is -0.440 e. The number of aromatic nitrogens is 3. The van der Waals surface area contributed by atoms with Crippen molar-refractivity contribution in [3.05, 3.63) is 24.2 Å². The molecule has 0 amide bonds. The number of hydrogen-bond donors (Lipinski definition) is 1. The third kappa shape index (κ3) is 3.86. The lowest BCUT2D eigenvalue weighted by molar-refractivity contribution is -0.141. The van der Waals surface area contributed by atoms with Gasteiger partial charge in [-0.3, -0.25) is 0 Å². The molecule has 20 heavy (non-hydrogen) atoms. The van der Waals surface area contributed by atoms with Crippen molar-refractivity contribution in [3.8, 4) is 0 Å². The van der Waals surface area contributed by atoms with Crippen LogP contribution in [0.1, 0.15) is 19.0 Å². The Balaban J connectivity index is 2.29. The zero-order valence-corrected chi connectivity index (χ0v) is 11.3. The summed E-state index contributed by atoms with van der Waals surface area (Å²) < 4.78 is 43.3. The standard InChI is InChI=1S/C11H11F3N4OS/c1-2-3-15-9-17-7(11(12,13)14)6-8(18-9)20-10-16-4-5-19-10/h4-6H,2-3H2,1H3,(H,15,17,18). The van der Waals surface area contributed by atoms with Gasteiger partial charge in [-0.05, 0) is 18.2 Å². The molecule has 2 heterocycles. The molecule has 0 aliphatic carbocycles. The summed E-state index contributed by atoms with van der Waals surface area (Å²) in [5.74, 6) is -0.0595. The fourth-order valence-corrected chi connectivity index (χ4v) is 1.99. The molecule has 0 radical (unpaired) electrons.